The molecule has 6 N–H and O–H groups in total. The average Bonchev–Trinajstić information content (AvgIpc) is 3.28. The van der Waals surface area contributed by atoms with Gasteiger partial charge in [0.15, 0.2) is 9.84 Å². The van der Waals surface area contributed by atoms with Crippen molar-refractivity contribution in [1.29, 1.82) is 0 Å². The minimum absolute atomic E-state index is 0.00865. The van der Waals surface area contributed by atoms with Gasteiger partial charge in [0.25, 0.3) is 0 Å². The van der Waals surface area contributed by atoms with Gasteiger partial charge in [0, 0.05) is 42.3 Å². The number of hydrogen-bond acceptors (Lipinski definition) is 9. The number of benzene rings is 2. The molecule has 0 aliphatic carbocycles. The summed E-state index contributed by atoms with van der Waals surface area (Å²) >= 11 is 0. The van der Waals surface area contributed by atoms with Gasteiger partial charge < -0.3 is 36.0 Å². The van der Waals surface area contributed by atoms with E-state index in [0.29, 0.717) is 47.5 Å². The van der Waals surface area contributed by atoms with Crippen LogP contribution in [0, 0.1) is 0 Å². The number of aromatic carboxylic acids is 1. The molecule has 0 bridgehead atoms. The fraction of sp³-hybridized carbons (Fsp3) is 0.357. The Morgan fingerprint density at radius 2 is 1.93 bits per heavy atom. The van der Waals surface area contributed by atoms with Crippen LogP contribution in [0.2, 0.25) is 0 Å². The first-order chi connectivity index (χ1) is 20.2. The van der Waals surface area contributed by atoms with Gasteiger partial charge in [0.2, 0.25) is 0 Å². The SMILES string of the molecule is CC(Cc1ccc2c(c1)cc(C(=O)O)n2Cc1cccc(NCS(=O)(=O)CC(F)(F)F)c1)NCC(O)N1C=NC(N)=CC1. The highest BCUT2D eigenvalue weighted by Gasteiger charge is 2.34. The molecule has 4 rings (SSSR count). The number of nitrogens with zero attached hydrogens (tertiary/aromatic N) is 3. The van der Waals surface area contributed by atoms with Crippen molar-refractivity contribution in [2.45, 2.75) is 38.3 Å². The summed E-state index contributed by atoms with van der Waals surface area (Å²) in [5.74, 6) is -3.55. The van der Waals surface area contributed by atoms with E-state index in [4.69, 9.17) is 5.73 Å². The molecule has 1 aliphatic rings. The second-order valence-corrected chi connectivity index (χ2v) is 12.5. The lowest BCUT2D eigenvalue weighted by Gasteiger charge is -2.27. The van der Waals surface area contributed by atoms with Crippen molar-refractivity contribution in [1.82, 2.24) is 14.8 Å². The Balaban J connectivity index is 1.43. The van der Waals surface area contributed by atoms with Gasteiger partial charge in [-0.2, -0.15) is 13.2 Å². The number of aliphatic hydroxyl groups is 1. The van der Waals surface area contributed by atoms with Crippen LogP contribution in [0.3, 0.4) is 0 Å². The number of aromatic nitrogens is 1. The number of alkyl halides is 3. The normalized spacial score (nSPS) is 15.4. The maximum Gasteiger partial charge on any atom is 0.402 e. The lowest BCUT2D eigenvalue weighted by atomic mass is 10.1. The first-order valence-electron chi connectivity index (χ1n) is 13.3. The number of nitrogens with two attached hydrogens (primary N) is 1. The van der Waals surface area contributed by atoms with E-state index in [9.17, 15) is 36.6 Å². The van der Waals surface area contributed by atoms with Crippen LogP contribution >= 0.6 is 0 Å². The fourth-order valence-corrected chi connectivity index (χ4v) is 5.73. The summed E-state index contributed by atoms with van der Waals surface area (Å²) in [6.07, 6.45) is -1.80. The summed E-state index contributed by atoms with van der Waals surface area (Å²) in [5.41, 5.74) is 8.19. The third-order valence-electron chi connectivity index (χ3n) is 6.77. The van der Waals surface area contributed by atoms with Crippen molar-refractivity contribution in [2.24, 2.45) is 10.7 Å². The molecule has 2 unspecified atom stereocenters. The largest absolute Gasteiger partial charge is 0.477 e. The number of aliphatic hydroxyl groups excluding tert-OH is 1. The smallest absolute Gasteiger partial charge is 0.402 e. The molecule has 15 heteroatoms. The van der Waals surface area contributed by atoms with Crippen LogP contribution in [0.5, 0.6) is 0 Å². The molecule has 0 radical (unpaired) electrons. The van der Waals surface area contributed by atoms with Crippen LogP contribution in [0.15, 0.2) is 65.4 Å². The number of carbonyl (C=O) groups is 1. The highest BCUT2D eigenvalue weighted by molar-refractivity contribution is 7.91. The zero-order chi connectivity index (χ0) is 31.4. The zero-order valence-electron chi connectivity index (χ0n) is 23.3. The van der Waals surface area contributed by atoms with Gasteiger partial charge in [0.05, 0.1) is 6.34 Å². The molecule has 2 atom stereocenters. The van der Waals surface area contributed by atoms with Crippen molar-refractivity contribution in [3.8, 4) is 0 Å². The summed E-state index contributed by atoms with van der Waals surface area (Å²) in [6, 6.07) is 13.6. The molecule has 3 aromatic rings. The standard InChI is InChI=1S/C28H33F3N6O5S/c1-18(33-13-26(38)36-8-7-25(32)34-16-36)9-19-5-6-23-21(10-19)12-24(27(39)40)37(23)14-20-3-2-4-22(11-20)35-17-43(41,42)15-28(29,30)31/h2-7,10-12,16,18,26,33,35,38H,8-9,13-15,17,32H2,1H3,(H,39,40). The van der Waals surface area contributed by atoms with Crippen molar-refractivity contribution < 1.29 is 36.6 Å². The first-order valence-corrected chi connectivity index (χ1v) is 15.1. The summed E-state index contributed by atoms with van der Waals surface area (Å²) in [6.45, 7) is 2.86. The molecular weight excluding hydrogens is 589 g/mol. The minimum atomic E-state index is -4.83. The van der Waals surface area contributed by atoms with Crippen LogP contribution in [-0.2, 0) is 22.8 Å². The molecule has 11 nitrogen and oxygen atoms in total. The Morgan fingerprint density at radius 3 is 2.60 bits per heavy atom. The maximum atomic E-state index is 12.5. The Bertz CT molecular complexity index is 1640. The van der Waals surface area contributed by atoms with E-state index in [2.05, 4.69) is 15.6 Å². The summed E-state index contributed by atoms with van der Waals surface area (Å²) in [4.78, 5) is 17.7. The number of carboxylic acid groups (broad SMARTS) is 1. The van der Waals surface area contributed by atoms with E-state index in [1.165, 1.54) is 12.4 Å². The van der Waals surface area contributed by atoms with Crippen LogP contribution < -0.4 is 16.4 Å². The molecular formula is C28H33F3N6O5S. The highest BCUT2D eigenvalue weighted by Crippen LogP contribution is 2.25. The molecule has 0 amide bonds. The molecule has 0 saturated heterocycles. The fourth-order valence-electron chi connectivity index (χ4n) is 4.74. The van der Waals surface area contributed by atoms with Crippen molar-refractivity contribution in [3.63, 3.8) is 0 Å². The van der Waals surface area contributed by atoms with Crippen molar-refractivity contribution in [3.05, 3.63) is 77.2 Å². The second kappa shape index (κ2) is 13.1. The number of fused-ring (bicyclic) bond motifs is 1. The first kappa shape index (κ1) is 31.8. The second-order valence-electron chi connectivity index (χ2n) is 10.4. The maximum absolute atomic E-state index is 12.5. The minimum Gasteiger partial charge on any atom is -0.477 e. The number of aliphatic imine (C=N–C) groups is 1. The van der Waals surface area contributed by atoms with Gasteiger partial charge in [0.1, 0.15) is 29.4 Å². The molecule has 1 aromatic heterocycles. The lowest BCUT2D eigenvalue weighted by Crippen LogP contribution is -2.45. The third-order valence-corrected chi connectivity index (χ3v) is 8.12. The van der Waals surface area contributed by atoms with E-state index < -0.39 is 39.8 Å². The summed E-state index contributed by atoms with van der Waals surface area (Å²) in [5, 5.41) is 26.8. The van der Waals surface area contributed by atoms with E-state index >= 15 is 0 Å². The average molecular weight is 623 g/mol. The molecule has 43 heavy (non-hydrogen) atoms. The molecule has 2 aromatic carbocycles. The highest BCUT2D eigenvalue weighted by atomic mass is 32.2. The van der Waals surface area contributed by atoms with Crippen LogP contribution in [0.4, 0.5) is 18.9 Å². The third kappa shape index (κ3) is 8.95. The van der Waals surface area contributed by atoms with Crippen LogP contribution in [-0.4, -0.2) is 83.6 Å². The lowest BCUT2D eigenvalue weighted by molar-refractivity contribution is -0.106. The van der Waals surface area contributed by atoms with Crippen molar-refractivity contribution >= 4 is 38.7 Å². The van der Waals surface area contributed by atoms with E-state index in [1.807, 2.05) is 25.1 Å². The van der Waals surface area contributed by atoms with Gasteiger partial charge >= 0.3 is 12.1 Å². The number of hydrogen-bond donors (Lipinski definition) is 5. The van der Waals surface area contributed by atoms with Crippen LogP contribution in [0.25, 0.3) is 10.9 Å². The number of carboxylic acids is 1. The number of nitrogens with one attached hydrogen (secondary N) is 2. The topological polar surface area (TPSA) is 162 Å². The summed E-state index contributed by atoms with van der Waals surface area (Å²) in [7, 11) is -4.42. The van der Waals surface area contributed by atoms with E-state index in [0.717, 1.165) is 5.56 Å². The predicted molar refractivity (Wildman–Crippen MR) is 157 cm³/mol. The van der Waals surface area contributed by atoms with Gasteiger partial charge in [-0.1, -0.05) is 18.2 Å². The summed E-state index contributed by atoms with van der Waals surface area (Å²) < 4.78 is 62.8. The Morgan fingerprint density at radius 1 is 1.16 bits per heavy atom. The molecule has 0 spiro atoms. The van der Waals surface area contributed by atoms with E-state index in [1.54, 1.807) is 39.8 Å². The molecule has 2 heterocycles. The van der Waals surface area contributed by atoms with Crippen LogP contribution in [0.1, 0.15) is 28.5 Å². The van der Waals surface area contributed by atoms with Crippen molar-refractivity contribution in [2.75, 3.05) is 30.0 Å². The Hall–Kier alpha value is -4.08. The zero-order valence-corrected chi connectivity index (χ0v) is 24.1. The quantitative estimate of drug-likeness (QED) is 0.193. The Labute approximate surface area is 246 Å². The van der Waals surface area contributed by atoms with Gasteiger partial charge in [-0.15, -0.1) is 0 Å². The number of sulfone groups is 1. The van der Waals surface area contributed by atoms with E-state index in [-0.39, 0.29) is 18.3 Å². The van der Waals surface area contributed by atoms with Gasteiger partial charge in [-0.25, -0.2) is 18.2 Å². The molecule has 0 saturated carbocycles. The Kier molecular flexibility index (Phi) is 9.67. The number of anilines is 1. The molecule has 0 fully saturated rings. The molecule has 232 valence electrons. The number of halogens is 3. The number of rotatable bonds is 13. The monoisotopic (exact) mass is 622 g/mol. The van der Waals surface area contributed by atoms with Gasteiger partial charge in [-0.05, 0) is 60.9 Å². The predicted octanol–water partition coefficient (Wildman–Crippen LogP) is 2.72. The molecule has 1 aliphatic heterocycles. The van der Waals surface area contributed by atoms with Gasteiger partial charge in [-0.3, -0.25) is 0 Å².